The van der Waals surface area contributed by atoms with Crippen LogP contribution in [0.15, 0.2) is 30.3 Å². The maximum Gasteiger partial charge on any atom is 0.221 e. The number of carboxylic acids is 1. The molecule has 0 spiro atoms. The smallest absolute Gasteiger partial charge is 0.221 e. The molecule has 1 aromatic carbocycles. The Morgan fingerprint density at radius 3 is 2.33 bits per heavy atom. The summed E-state index contributed by atoms with van der Waals surface area (Å²) in [5.74, 6) is -1.38. The third kappa shape index (κ3) is 4.08. The zero-order chi connectivity index (χ0) is 11.3. The Balaban J connectivity index is 2.72. The van der Waals surface area contributed by atoms with Gasteiger partial charge in [-0.25, -0.2) is 0 Å². The minimum atomic E-state index is -1.24. The van der Waals surface area contributed by atoms with Crippen LogP contribution in [-0.4, -0.2) is 11.9 Å². The molecule has 0 aliphatic carbocycles. The summed E-state index contributed by atoms with van der Waals surface area (Å²) in [7, 11) is 0. The van der Waals surface area contributed by atoms with Gasteiger partial charge in [-0.1, -0.05) is 18.2 Å². The van der Waals surface area contributed by atoms with Gasteiger partial charge in [0, 0.05) is 12.6 Å². The fourth-order valence-corrected chi connectivity index (χ4v) is 1.05. The highest BCUT2D eigenvalue weighted by Crippen LogP contribution is 2.10. The van der Waals surface area contributed by atoms with Crippen molar-refractivity contribution >= 4 is 23.6 Å². The van der Waals surface area contributed by atoms with Crippen molar-refractivity contribution < 1.29 is 14.7 Å². The summed E-state index contributed by atoms with van der Waals surface area (Å²) < 4.78 is 0. The van der Waals surface area contributed by atoms with E-state index >= 15 is 0 Å². The van der Waals surface area contributed by atoms with Gasteiger partial charge in [0.05, 0.1) is 5.97 Å². The molecule has 0 fully saturated rings. The number of aliphatic carboxylic acids is 1. The number of carboxylic acid groups (broad SMARTS) is 1. The van der Waals surface area contributed by atoms with Gasteiger partial charge in [-0.05, 0) is 23.8 Å². The number of carbonyl (C=O) groups is 2. The van der Waals surface area contributed by atoms with Crippen molar-refractivity contribution in [3.05, 3.63) is 35.9 Å². The van der Waals surface area contributed by atoms with Gasteiger partial charge >= 0.3 is 0 Å². The standard InChI is InChI=1S/C11H11NO3/c1-8(13)12-10-5-2-9(3-6-10)4-7-11(14)15/h2-7H,1H3,(H,12,13)(H,14,15)/p-1/b7-4+. The summed E-state index contributed by atoms with van der Waals surface area (Å²) in [4.78, 5) is 20.8. The molecular weight excluding hydrogens is 194 g/mol. The Bertz CT molecular complexity index is 393. The predicted octanol–water partition coefficient (Wildman–Crippen LogP) is 0.408. The van der Waals surface area contributed by atoms with Crippen molar-refractivity contribution in [1.82, 2.24) is 0 Å². The van der Waals surface area contributed by atoms with Crippen LogP contribution >= 0.6 is 0 Å². The molecule has 0 atom stereocenters. The van der Waals surface area contributed by atoms with Gasteiger partial charge < -0.3 is 15.2 Å². The van der Waals surface area contributed by atoms with Gasteiger partial charge in [-0.3, -0.25) is 4.79 Å². The number of hydrogen-bond donors (Lipinski definition) is 1. The van der Waals surface area contributed by atoms with Gasteiger partial charge in [-0.15, -0.1) is 0 Å². The van der Waals surface area contributed by atoms with Crippen molar-refractivity contribution in [3.63, 3.8) is 0 Å². The first-order valence-electron chi connectivity index (χ1n) is 4.34. The minimum absolute atomic E-state index is 0.145. The van der Waals surface area contributed by atoms with Crippen LogP contribution in [0.1, 0.15) is 12.5 Å². The number of rotatable bonds is 3. The Labute approximate surface area is 87.2 Å². The number of hydrogen-bond acceptors (Lipinski definition) is 3. The van der Waals surface area contributed by atoms with Crippen molar-refractivity contribution in [2.75, 3.05) is 5.32 Å². The zero-order valence-corrected chi connectivity index (χ0v) is 8.19. The Hall–Kier alpha value is -2.10. The van der Waals surface area contributed by atoms with E-state index in [4.69, 9.17) is 0 Å². The molecule has 0 unspecified atom stereocenters. The normalized spacial score (nSPS) is 10.2. The summed E-state index contributed by atoms with van der Waals surface area (Å²) in [5.41, 5.74) is 1.40. The maximum atomic E-state index is 10.7. The van der Waals surface area contributed by atoms with E-state index in [2.05, 4.69) is 5.32 Å². The van der Waals surface area contributed by atoms with Crippen LogP contribution in [0.4, 0.5) is 5.69 Å². The highest BCUT2D eigenvalue weighted by molar-refractivity contribution is 5.89. The SMILES string of the molecule is CC(=O)Nc1ccc(/C=C/C(=O)[O-])cc1. The first kappa shape index (κ1) is 11.0. The van der Waals surface area contributed by atoms with Crippen molar-refractivity contribution in [2.24, 2.45) is 0 Å². The van der Waals surface area contributed by atoms with Crippen LogP contribution in [0, 0.1) is 0 Å². The molecular formula is C11H10NO3-. The van der Waals surface area contributed by atoms with Crippen LogP contribution in [-0.2, 0) is 9.59 Å². The molecule has 0 saturated carbocycles. The molecule has 0 bridgehead atoms. The molecule has 1 amide bonds. The lowest BCUT2D eigenvalue weighted by Gasteiger charge is -2.01. The molecule has 4 nitrogen and oxygen atoms in total. The second-order valence-electron chi connectivity index (χ2n) is 2.96. The Morgan fingerprint density at radius 1 is 1.27 bits per heavy atom. The van der Waals surface area contributed by atoms with Gasteiger partial charge in [0.15, 0.2) is 0 Å². The van der Waals surface area contributed by atoms with E-state index in [0.717, 1.165) is 11.6 Å². The average Bonchev–Trinajstić information content (AvgIpc) is 2.16. The van der Waals surface area contributed by atoms with Crippen LogP contribution in [0.2, 0.25) is 0 Å². The summed E-state index contributed by atoms with van der Waals surface area (Å²) in [6.45, 7) is 1.42. The summed E-state index contributed by atoms with van der Waals surface area (Å²) in [6, 6.07) is 6.78. The van der Waals surface area contributed by atoms with E-state index < -0.39 is 5.97 Å². The van der Waals surface area contributed by atoms with E-state index in [9.17, 15) is 14.7 Å². The fourth-order valence-electron chi connectivity index (χ4n) is 1.05. The number of carbonyl (C=O) groups excluding carboxylic acids is 2. The Kier molecular flexibility index (Phi) is 3.62. The summed E-state index contributed by atoms with van der Waals surface area (Å²) in [6.07, 6.45) is 2.38. The molecule has 0 aliphatic rings. The first-order chi connectivity index (χ1) is 7.08. The Morgan fingerprint density at radius 2 is 1.87 bits per heavy atom. The van der Waals surface area contributed by atoms with Crippen molar-refractivity contribution in [2.45, 2.75) is 6.92 Å². The van der Waals surface area contributed by atoms with Gasteiger partial charge in [0.2, 0.25) is 5.91 Å². The van der Waals surface area contributed by atoms with Crippen LogP contribution in [0.25, 0.3) is 6.08 Å². The second kappa shape index (κ2) is 4.95. The average molecular weight is 204 g/mol. The molecule has 1 N–H and O–H groups in total. The lowest BCUT2D eigenvalue weighted by Crippen LogP contribution is -2.18. The third-order valence-corrected chi connectivity index (χ3v) is 1.64. The first-order valence-corrected chi connectivity index (χ1v) is 4.34. The minimum Gasteiger partial charge on any atom is -0.545 e. The number of benzene rings is 1. The number of anilines is 1. The molecule has 0 aliphatic heterocycles. The second-order valence-corrected chi connectivity index (χ2v) is 2.96. The molecule has 0 heterocycles. The highest BCUT2D eigenvalue weighted by atomic mass is 16.4. The predicted molar refractivity (Wildman–Crippen MR) is 54.8 cm³/mol. The van der Waals surface area contributed by atoms with Crippen molar-refractivity contribution in [1.29, 1.82) is 0 Å². The molecule has 15 heavy (non-hydrogen) atoms. The topological polar surface area (TPSA) is 69.2 Å². The molecule has 1 aromatic rings. The molecule has 78 valence electrons. The molecule has 0 saturated heterocycles. The van der Waals surface area contributed by atoms with E-state index in [0.29, 0.717) is 5.69 Å². The molecule has 0 radical (unpaired) electrons. The fraction of sp³-hybridized carbons (Fsp3) is 0.0909. The van der Waals surface area contributed by atoms with Crippen molar-refractivity contribution in [3.8, 4) is 0 Å². The van der Waals surface area contributed by atoms with Gasteiger partial charge in [0.1, 0.15) is 0 Å². The molecule has 4 heteroatoms. The van der Waals surface area contributed by atoms with Crippen LogP contribution < -0.4 is 10.4 Å². The third-order valence-electron chi connectivity index (χ3n) is 1.64. The van der Waals surface area contributed by atoms with Gasteiger partial charge in [0.25, 0.3) is 0 Å². The highest BCUT2D eigenvalue weighted by Gasteiger charge is 1.93. The number of nitrogens with one attached hydrogen (secondary N) is 1. The molecule has 0 aromatic heterocycles. The molecule has 1 rings (SSSR count). The van der Waals surface area contributed by atoms with E-state index in [1.54, 1.807) is 24.3 Å². The zero-order valence-electron chi connectivity index (χ0n) is 8.19. The van der Waals surface area contributed by atoms with Crippen LogP contribution in [0.5, 0.6) is 0 Å². The van der Waals surface area contributed by atoms with E-state index in [-0.39, 0.29) is 5.91 Å². The van der Waals surface area contributed by atoms with E-state index in [1.165, 1.54) is 13.0 Å². The number of amides is 1. The maximum absolute atomic E-state index is 10.7. The quantitative estimate of drug-likeness (QED) is 0.725. The van der Waals surface area contributed by atoms with Crippen LogP contribution in [0.3, 0.4) is 0 Å². The lowest BCUT2D eigenvalue weighted by atomic mass is 10.2. The lowest BCUT2D eigenvalue weighted by molar-refractivity contribution is -0.297. The largest absolute Gasteiger partial charge is 0.545 e. The monoisotopic (exact) mass is 204 g/mol. The van der Waals surface area contributed by atoms with Gasteiger partial charge in [-0.2, -0.15) is 0 Å². The summed E-state index contributed by atoms with van der Waals surface area (Å²) in [5, 5.41) is 12.7. The van der Waals surface area contributed by atoms with E-state index in [1.807, 2.05) is 0 Å². The summed E-state index contributed by atoms with van der Waals surface area (Å²) >= 11 is 0.